The molecule has 1 amide bonds. The van der Waals surface area contributed by atoms with E-state index in [1.807, 2.05) is 36.4 Å². The molecule has 0 radical (unpaired) electrons. The zero-order valence-corrected chi connectivity index (χ0v) is 16.8. The van der Waals surface area contributed by atoms with Crippen molar-refractivity contribution in [3.63, 3.8) is 0 Å². The SMILES string of the molecule is O=C(COc1ccc(Cl)cc1Cl)NCCC(c1ccccc1)c1ccccc1. The van der Waals surface area contributed by atoms with Crippen LogP contribution >= 0.6 is 23.2 Å². The Balaban J connectivity index is 1.54. The van der Waals surface area contributed by atoms with E-state index in [0.29, 0.717) is 22.3 Å². The molecule has 0 spiro atoms. The van der Waals surface area contributed by atoms with Gasteiger partial charge in [-0.3, -0.25) is 4.79 Å². The van der Waals surface area contributed by atoms with Crippen molar-refractivity contribution >= 4 is 29.1 Å². The summed E-state index contributed by atoms with van der Waals surface area (Å²) in [5.41, 5.74) is 2.46. The number of hydrogen-bond acceptors (Lipinski definition) is 2. The lowest BCUT2D eigenvalue weighted by atomic mass is 9.88. The van der Waals surface area contributed by atoms with Crippen molar-refractivity contribution in [1.82, 2.24) is 5.32 Å². The van der Waals surface area contributed by atoms with E-state index in [4.69, 9.17) is 27.9 Å². The second-order valence-corrected chi connectivity index (χ2v) is 7.22. The van der Waals surface area contributed by atoms with Crippen LogP contribution in [0.25, 0.3) is 0 Å². The molecule has 0 fully saturated rings. The predicted molar refractivity (Wildman–Crippen MR) is 114 cm³/mol. The van der Waals surface area contributed by atoms with Gasteiger partial charge in [0.2, 0.25) is 0 Å². The van der Waals surface area contributed by atoms with Gasteiger partial charge in [-0.2, -0.15) is 0 Å². The second kappa shape index (κ2) is 10.2. The Kier molecular flexibility index (Phi) is 7.35. The van der Waals surface area contributed by atoms with Crippen molar-refractivity contribution in [1.29, 1.82) is 0 Å². The molecule has 5 heteroatoms. The number of carbonyl (C=O) groups excluding carboxylic acids is 1. The summed E-state index contributed by atoms with van der Waals surface area (Å²) in [5, 5.41) is 3.83. The number of ether oxygens (including phenoxy) is 1. The monoisotopic (exact) mass is 413 g/mol. The van der Waals surface area contributed by atoms with Crippen molar-refractivity contribution in [2.45, 2.75) is 12.3 Å². The molecule has 1 N–H and O–H groups in total. The third-order valence-electron chi connectivity index (χ3n) is 4.41. The maximum absolute atomic E-state index is 12.1. The first-order valence-corrected chi connectivity index (χ1v) is 9.83. The van der Waals surface area contributed by atoms with E-state index >= 15 is 0 Å². The lowest BCUT2D eigenvalue weighted by Gasteiger charge is -2.18. The Morgan fingerprint density at radius 1 is 0.893 bits per heavy atom. The molecule has 0 aliphatic rings. The maximum Gasteiger partial charge on any atom is 0.257 e. The summed E-state index contributed by atoms with van der Waals surface area (Å²) in [5.74, 6) is 0.466. The molecule has 3 rings (SSSR count). The van der Waals surface area contributed by atoms with Gasteiger partial charge in [-0.15, -0.1) is 0 Å². The summed E-state index contributed by atoms with van der Waals surface area (Å²) in [6, 6.07) is 25.5. The van der Waals surface area contributed by atoms with Crippen LogP contribution in [0.3, 0.4) is 0 Å². The minimum absolute atomic E-state index is 0.0946. The molecular formula is C23H21Cl2NO2. The van der Waals surface area contributed by atoms with Gasteiger partial charge < -0.3 is 10.1 Å². The molecule has 0 saturated heterocycles. The molecule has 0 atom stereocenters. The van der Waals surface area contributed by atoms with Crippen LogP contribution in [0, 0.1) is 0 Å². The third kappa shape index (κ3) is 5.75. The minimum atomic E-state index is -0.189. The quantitative estimate of drug-likeness (QED) is 0.513. The van der Waals surface area contributed by atoms with Gasteiger partial charge in [-0.1, -0.05) is 83.9 Å². The fraction of sp³-hybridized carbons (Fsp3) is 0.174. The van der Waals surface area contributed by atoms with Gasteiger partial charge in [0.15, 0.2) is 6.61 Å². The van der Waals surface area contributed by atoms with Gasteiger partial charge in [0.05, 0.1) is 5.02 Å². The molecule has 3 nitrogen and oxygen atoms in total. The summed E-state index contributed by atoms with van der Waals surface area (Å²) in [6.45, 7) is 0.452. The van der Waals surface area contributed by atoms with Gasteiger partial charge in [-0.05, 0) is 35.7 Å². The number of hydrogen-bond donors (Lipinski definition) is 1. The highest BCUT2D eigenvalue weighted by Crippen LogP contribution is 2.28. The lowest BCUT2D eigenvalue weighted by Crippen LogP contribution is -2.30. The van der Waals surface area contributed by atoms with Crippen molar-refractivity contribution < 1.29 is 9.53 Å². The van der Waals surface area contributed by atoms with Crippen LogP contribution in [0.5, 0.6) is 5.75 Å². The van der Waals surface area contributed by atoms with E-state index in [2.05, 4.69) is 29.6 Å². The van der Waals surface area contributed by atoms with Crippen molar-refractivity contribution in [2.24, 2.45) is 0 Å². The van der Waals surface area contributed by atoms with E-state index in [0.717, 1.165) is 6.42 Å². The number of benzene rings is 3. The van der Waals surface area contributed by atoms with E-state index < -0.39 is 0 Å². The maximum atomic E-state index is 12.1. The fourth-order valence-electron chi connectivity index (χ4n) is 3.04. The van der Waals surface area contributed by atoms with Crippen LogP contribution in [0.15, 0.2) is 78.9 Å². The number of halogens is 2. The standard InChI is InChI=1S/C23H21Cl2NO2/c24-19-11-12-22(21(25)15-19)28-16-23(27)26-14-13-20(17-7-3-1-4-8-17)18-9-5-2-6-10-18/h1-12,15,20H,13-14,16H2,(H,26,27). The Labute approximate surface area is 175 Å². The van der Waals surface area contributed by atoms with Crippen molar-refractivity contribution in [2.75, 3.05) is 13.2 Å². The second-order valence-electron chi connectivity index (χ2n) is 6.38. The normalized spacial score (nSPS) is 10.7. The molecule has 0 bridgehead atoms. The number of amides is 1. The molecule has 28 heavy (non-hydrogen) atoms. The molecule has 144 valence electrons. The molecule has 3 aromatic rings. The molecule has 3 aromatic carbocycles. The predicted octanol–water partition coefficient (Wildman–Crippen LogP) is 5.71. The van der Waals surface area contributed by atoms with Crippen LogP contribution in [-0.2, 0) is 4.79 Å². The van der Waals surface area contributed by atoms with Crippen LogP contribution in [0.4, 0.5) is 0 Å². The van der Waals surface area contributed by atoms with Crippen LogP contribution in [0.1, 0.15) is 23.5 Å². The molecular weight excluding hydrogens is 393 g/mol. The largest absolute Gasteiger partial charge is 0.482 e. The molecule has 0 aliphatic carbocycles. The molecule has 0 saturated carbocycles. The molecule has 0 aromatic heterocycles. The number of rotatable bonds is 8. The number of carbonyl (C=O) groups is 1. The summed E-state index contributed by atoms with van der Waals surface area (Å²) in [7, 11) is 0. The Bertz CT molecular complexity index is 861. The minimum Gasteiger partial charge on any atom is -0.482 e. The Morgan fingerprint density at radius 2 is 1.50 bits per heavy atom. The summed E-state index contributed by atoms with van der Waals surface area (Å²) >= 11 is 11.9. The molecule has 0 aliphatic heterocycles. The average Bonchev–Trinajstić information content (AvgIpc) is 2.72. The van der Waals surface area contributed by atoms with Crippen LogP contribution < -0.4 is 10.1 Å². The van der Waals surface area contributed by atoms with E-state index in [1.54, 1.807) is 18.2 Å². The van der Waals surface area contributed by atoms with Crippen molar-refractivity contribution in [3.8, 4) is 5.75 Å². The average molecular weight is 414 g/mol. The summed E-state index contributed by atoms with van der Waals surface area (Å²) in [4.78, 5) is 12.1. The highest BCUT2D eigenvalue weighted by atomic mass is 35.5. The van der Waals surface area contributed by atoms with Gasteiger partial charge in [0.1, 0.15) is 5.75 Å². The molecule has 0 heterocycles. The molecule has 0 unspecified atom stereocenters. The van der Waals surface area contributed by atoms with Gasteiger partial charge >= 0.3 is 0 Å². The third-order valence-corrected chi connectivity index (χ3v) is 4.94. The zero-order chi connectivity index (χ0) is 19.8. The zero-order valence-electron chi connectivity index (χ0n) is 15.3. The highest BCUT2D eigenvalue weighted by molar-refractivity contribution is 6.35. The van der Waals surface area contributed by atoms with E-state index in [-0.39, 0.29) is 18.4 Å². The highest BCUT2D eigenvalue weighted by Gasteiger charge is 2.14. The first kappa shape index (κ1) is 20.2. The first-order valence-electron chi connectivity index (χ1n) is 9.08. The fourth-order valence-corrected chi connectivity index (χ4v) is 3.50. The lowest BCUT2D eigenvalue weighted by molar-refractivity contribution is -0.123. The van der Waals surface area contributed by atoms with E-state index in [9.17, 15) is 4.79 Å². The van der Waals surface area contributed by atoms with Crippen LogP contribution in [0.2, 0.25) is 10.0 Å². The first-order chi connectivity index (χ1) is 13.6. The Morgan fingerprint density at radius 3 is 2.07 bits per heavy atom. The number of nitrogens with one attached hydrogen (secondary N) is 1. The van der Waals surface area contributed by atoms with Gasteiger partial charge in [0, 0.05) is 17.5 Å². The van der Waals surface area contributed by atoms with Crippen LogP contribution in [-0.4, -0.2) is 19.1 Å². The van der Waals surface area contributed by atoms with E-state index in [1.165, 1.54) is 11.1 Å². The smallest absolute Gasteiger partial charge is 0.257 e. The summed E-state index contributed by atoms with van der Waals surface area (Å²) < 4.78 is 5.48. The summed E-state index contributed by atoms with van der Waals surface area (Å²) in [6.07, 6.45) is 0.793. The van der Waals surface area contributed by atoms with Gasteiger partial charge in [-0.25, -0.2) is 0 Å². The topological polar surface area (TPSA) is 38.3 Å². The van der Waals surface area contributed by atoms with Gasteiger partial charge in [0.25, 0.3) is 5.91 Å². The Hall–Kier alpha value is -2.49. The van der Waals surface area contributed by atoms with Crippen molar-refractivity contribution in [3.05, 3.63) is 100 Å².